The molecule has 0 aromatic heterocycles. The van der Waals surface area contributed by atoms with Crippen molar-refractivity contribution in [3.63, 3.8) is 0 Å². The quantitative estimate of drug-likeness (QED) is 0.321. The first-order chi connectivity index (χ1) is 11.5. The van der Waals surface area contributed by atoms with Gasteiger partial charge in [-0.1, -0.05) is 36.4 Å². The predicted molar refractivity (Wildman–Crippen MR) is 98.6 cm³/mol. The highest BCUT2D eigenvalue weighted by Gasteiger charge is 2.25. The molecule has 0 saturated heterocycles. The van der Waals surface area contributed by atoms with Crippen LogP contribution in [0.4, 0.5) is 0 Å². The molecule has 0 unspecified atom stereocenters. The second-order valence-electron chi connectivity index (χ2n) is 5.94. The summed E-state index contributed by atoms with van der Waals surface area (Å²) in [7, 11) is -3.55. The van der Waals surface area contributed by atoms with Crippen molar-refractivity contribution in [2.24, 2.45) is 0 Å². The molecule has 116 valence electrons. The van der Waals surface area contributed by atoms with Gasteiger partial charge in [0.05, 0.1) is 0 Å². The van der Waals surface area contributed by atoms with Crippen LogP contribution >= 0.6 is 0 Å². The van der Waals surface area contributed by atoms with E-state index in [4.69, 9.17) is 0 Å². The molecule has 0 heterocycles. The Morgan fingerprint density at radius 1 is 0.542 bits per heavy atom. The standard InChI is InChI=1S/C18H14B2O4/c21-19(22)17-6-5-13-9-14-7-11-3-1-2-4-12(11)8-15(14)10-16(13)18(17)20(23)24/h1-10,21-24H. The topological polar surface area (TPSA) is 80.9 Å². The lowest BCUT2D eigenvalue weighted by Gasteiger charge is -2.13. The normalized spacial score (nSPS) is 11.3. The van der Waals surface area contributed by atoms with Crippen molar-refractivity contribution in [2.75, 3.05) is 0 Å². The van der Waals surface area contributed by atoms with Crippen LogP contribution in [0.1, 0.15) is 0 Å². The summed E-state index contributed by atoms with van der Waals surface area (Å²) in [6.07, 6.45) is 0. The summed E-state index contributed by atoms with van der Waals surface area (Å²) in [5, 5.41) is 44.1. The van der Waals surface area contributed by atoms with E-state index < -0.39 is 14.2 Å². The lowest BCUT2D eigenvalue weighted by atomic mass is 9.64. The number of fused-ring (bicyclic) bond motifs is 3. The maximum Gasteiger partial charge on any atom is 0.488 e. The van der Waals surface area contributed by atoms with Crippen LogP contribution < -0.4 is 10.9 Å². The molecule has 0 amide bonds. The number of benzene rings is 4. The molecule has 0 saturated carbocycles. The van der Waals surface area contributed by atoms with Crippen LogP contribution in [0.25, 0.3) is 32.3 Å². The molecule has 0 aliphatic heterocycles. The van der Waals surface area contributed by atoms with E-state index in [-0.39, 0.29) is 10.9 Å². The molecule has 4 N–H and O–H groups in total. The minimum absolute atomic E-state index is 0.0950. The first-order valence-corrected chi connectivity index (χ1v) is 7.66. The summed E-state index contributed by atoms with van der Waals surface area (Å²) < 4.78 is 0. The molecule has 0 atom stereocenters. The maximum absolute atomic E-state index is 9.73. The predicted octanol–water partition coefficient (Wildman–Crippen LogP) is 0.506. The molecule has 4 aromatic carbocycles. The Morgan fingerprint density at radius 2 is 1.12 bits per heavy atom. The highest BCUT2D eigenvalue weighted by atomic mass is 16.4. The second kappa shape index (κ2) is 5.61. The Kier molecular flexibility index (Phi) is 3.55. The fourth-order valence-corrected chi connectivity index (χ4v) is 3.32. The Bertz CT molecular complexity index is 1080. The summed E-state index contributed by atoms with van der Waals surface area (Å²) >= 11 is 0. The minimum Gasteiger partial charge on any atom is -0.423 e. The van der Waals surface area contributed by atoms with Gasteiger partial charge in [0, 0.05) is 0 Å². The van der Waals surface area contributed by atoms with E-state index in [1.165, 1.54) is 6.07 Å². The van der Waals surface area contributed by atoms with Gasteiger partial charge in [-0.3, -0.25) is 0 Å². The van der Waals surface area contributed by atoms with Crippen molar-refractivity contribution in [1.82, 2.24) is 0 Å². The van der Waals surface area contributed by atoms with Gasteiger partial charge in [0.25, 0.3) is 0 Å². The Balaban J connectivity index is 2.11. The van der Waals surface area contributed by atoms with Gasteiger partial charge in [0.15, 0.2) is 0 Å². The first kappa shape index (κ1) is 15.2. The van der Waals surface area contributed by atoms with E-state index in [1.54, 1.807) is 6.07 Å². The Morgan fingerprint density at radius 3 is 1.71 bits per heavy atom. The first-order valence-electron chi connectivity index (χ1n) is 7.66. The molecule has 4 nitrogen and oxygen atoms in total. The van der Waals surface area contributed by atoms with Gasteiger partial charge in [-0.25, -0.2) is 0 Å². The zero-order chi connectivity index (χ0) is 16.8. The summed E-state index contributed by atoms with van der Waals surface area (Å²) in [4.78, 5) is 0. The number of rotatable bonds is 2. The minimum atomic E-state index is -1.79. The van der Waals surface area contributed by atoms with Crippen LogP contribution in [0.2, 0.25) is 0 Å². The van der Waals surface area contributed by atoms with Crippen molar-refractivity contribution < 1.29 is 20.1 Å². The smallest absolute Gasteiger partial charge is 0.423 e. The Hall–Kier alpha value is -2.37. The molecule has 24 heavy (non-hydrogen) atoms. The van der Waals surface area contributed by atoms with E-state index in [9.17, 15) is 20.1 Å². The van der Waals surface area contributed by atoms with Crippen LogP contribution in [0.5, 0.6) is 0 Å². The van der Waals surface area contributed by atoms with Crippen molar-refractivity contribution in [2.45, 2.75) is 0 Å². The molecular formula is C18H14B2O4. The highest BCUT2D eigenvalue weighted by molar-refractivity contribution is 6.73. The van der Waals surface area contributed by atoms with Crippen molar-refractivity contribution >= 4 is 57.5 Å². The summed E-state index contributed by atoms with van der Waals surface area (Å²) in [6, 6.07) is 19.3. The molecule has 0 fully saturated rings. The second-order valence-corrected chi connectivity index (χ2v) is 5.94. The van der Waals surface area contributed by atoms with E-state index in [0.717, 1.165) is 26.9 Å². The van der Waals surface area contributed by atoms with E-state index in [1.807, 2.05) is 42.5 Å². The number of hydrogen-bond donors (Lipinski definition) is 4. The lowest BCUT2D eigenvalue weighted by Crippen LogP contribution is -2.49. The number of hydrogen-bond acceptors (Lipinski definition) is 4. The summed E-state index contributed by atoms with van der Waals surface area (Å²) in [5.41, 5.74) is 0.218. The van der Waals surface area contributed by atoms with Crippen LogP contribution in [0.3, 0.4) is 0 Å². The molecule has 0 aliphatic carbocycles. The van der Waals surface area contributed by atoms with Gasteiger partial charge in [-0.15, -0.1) is 0 Å². The van der Waals surface area contributed by atoms with Crippen LogP contribution in [0.15, 0.2) is 60.7 Å². The van der Waals surface area contributed by atoms with Crippen molar-refractivity contribution in [3.8, 4) is 0 Å². The molecule has 6 heteroatoms. The molecule has 0 spiro atoms. The van der Waals surface area contributed by atoms with Gasteiger partial charge < -0.3 is 20.1 Å². The Labute approximate surface area is 138 Å². The van der Waals surface area contributed by atoms with E-state index >= 15 is 0 Å². The molecule has 0 bridgehead atoms. The SMILES string of the molecule is OB(O)c1ccc2cc3cc4ccccc4cc3cc2c1B(O)O. The van der Waals surface area contributed by atoms with E-state index in [0.29, 0.717) is 5.39 Å². The van der Waals surface area contributed by atoms with Crippen LogP contribution in [0, 0.1) is 0 Å². The van der Waals surface area contributed by atoms with Gasteiger partial charge in [0.2, 0.25) is 0 Å². The highest BCUT2D eigenvalue weighted by Crippen LogP contribution is 2.26. The third kappa shape index (κ3) is 2.37. The zero-order valence-electron chi connectivity index (χ0n) is 12.7. The summed E-state index contributed by atoms with van der Waals surface area (Å²) in [5.74, 6) is 0. The summed E-state index contributed by atoms with van der Waals surface area (Å²) in [6.45, 7) is 0. The fourth-order valence-electron chi connectivity index (χ4n) is 3.32. The van der Waals surface area contributed by atoms with Gasteiger partial charge in [-0.2, -0.15) is 0 Å². The average Bonchev–Trinajstić information content (AvgIpc) is 2.56. The molecular weight excluding hydrogens is 302 g/mol. The largest absolute Gasteiger partial charge is 0.488 e. The van der Waals surface area contributed by atoms with Crippen LogP contribution in [-0.2, 0) is 0 Å². The van der Waals surface area contributed by atoms with Gasteiger partial charge >= 0.3 is 14.2 Å². The van der Waals surface area contributed by atoms with Gasteiger partial charge in [0.1, 0.15) is 0 Å². The lowest BCUT2D eigenvalue weighted by molar-refractivity contribution is 0.419. The molecule has 0 aliphatic rings. The third-order valence-corrected chi connectivity index (χ3v) is 4.45. The monoisotopic (exact) mass is 316 g/mol. The zero-order valence-corrected chi connectivity index (χ0v) is 12.7. The van der Waals surface area contributed by atoms with Crippen molar-refractivity contribution in [1.29, 1.82) is 0 Å². The molecule has 0 radical (unpaired) electrons. The van der Waals surface area contributed by atoms with E-state index in [2.05, 4.69) is 6.07 Å². The molecule has 4 aromatic rings. The van der Waals surface area contributed by atoms with Gasteiger partial charge in [-0.05, 0) is 67.5 Å². The van der Waals surface area contributed by atoms with Crippen LogP contribution in [-0.4, -0.2) is 34.3 Å². The maximum atomic E-state index is 9.73. The third-order valence-electron chi connectivity index (χ3n) is 4.45. The average molecular weight is 316 g/mol. The van der Waals surface area contributed by atoms with Crippen molar-refractivity contribution in [3.05, 3.63) is 60.7 Å². The molecule has 4 rings (SSSR count). The fraction of sp³-hybridized carbons (Fsp3) is 0.